The molecule has 1 aliphatic heterocycles. The van der Waals surface area contributed by atoms with E-state index in [2.05, 4.69) is 4.90 Å². The van der Waals surface area contributed by atoms with Gasteiger partial charge in [-0.2, -0.15) is 0 Å². The summed E-state index contributed by atoms with van der Waals surface area (Å²) in [4.78, 5) is 2.55. The van der Waals surface area contributed by atoms with Crippen molar-refractivity contribution in [3.05, 3.63) is 0 Å². The maximum absolute atomic E-state index is 8.94. The number of nitrogens with two attached hydrogens (primary N) is 1. The molecule has 1 saturated carbocycles. The predicted octanol–water partition coefficient (Wildman–Crippen LogP) is 0.570. The van der Waals surface area contributed by atoms with E-state index in [0.717, 1.165) is 25.4 Å². The molecule has 14 heavy (non-hydrogen) atoms. The minimum absolute atomic E-state index is 0.315. The summed E-state index contributed by atoms with van der Waals surface area (Å²) >= 11 is 0. The summed E-state index contributed by atoms with van der Waals surface area (Å²) in [5.41, 5.74) is 6.04. The molecule has 0 radical (unpaired) electrons. The smallest absolute Gasteiger partial charge is 0.0434 e. The summed E-state index contributed by atoms with van der Waals surface area (Å²) in [6.07, 6.45) is 6.14. The first-order valence-electron chi connectivity index (χ1n) is 5.90. The summed E-state index contributed by atoms with van der Waals surface area (Å²) in [5.74, 6) is 0.629. The molecular weight excluding hydrogens is 176 g/mol. The van der Waals surface area contributed by atoms with Gasteiger partial charge in [-0.15, -0.1) is 0 Å². The molecule has 0 aromatic heterocycles. The van der Waals surface area contributed by atoms with Crippen LogP contribution in [0.15, 0.2) is 0 Å². The van der Waals surface area contributed by atoms with Crippen molar-refractivity contribution in [3.63, 3.8) is 0 Å². The van der Waals surface area contributed by atoms with Gasteiger partial charge in [0.2, 0.25) is 0 Å². The lowest BCUT2D eigenvalue weighted by molar-refractivity contribution is 0.0587. The molecule has 3 heteroatoms. The van der Waals surface area contributed by atoms with Gasteiger partial charge in [0, 0.05) is 31.8 Å². The SMILES string of the molecule is NC1CC(CCO)CN(C2CCC2)C1. The largest absolute Gasteiger partial charge is 0.396 e. The lowest BCUT2D eigenvalue weighted by Gasteiger charge is -2.44. The monoisotopic (exact) mass is 198 g/mol. The third-order valence-electron chi connectivity index (χ3n) is 3.73. The Bertz CT molecular complexity index is 182. The number of aliphatic hydroxyl groups excluding tert-OH is 1. The van der Waals surface area contributed by atoms with Crippen molar-refractivity contribution in [1.82, 2.24) is 4.90 Å². The Morgan fingerprint density at radius 2 is 2.07 bits per heavy atom. The molecule has 82 valence electrons. The summed E-state index contributed by atoms with van der Waals surface area (Å²) in [7, 11) is 0. The standard InChI is InChI=1S/C11H22N2O/c12-10-6-9(4-5-14)7-13(8-10)11-2-1-3-11/h9-11,14H,1-8,12H2. The van der Waals surface area contributed by atoms with Gasteiger partial charge >= 0.3 is 0 Å². The fourth-order valence-electron chi connectivity index (χ4n) is 2.73. The van der Waals surface area contributed by atoms with Crippen LogP contribution in [-0.4, -0.2) is 41.8 Å². The highest BCUT2D eigenvalue weighted by atomic mass is 16.3. The summed E-state index contributed by atoms with van der Waals surface area (Å²) in [6.45, 7) is 2.56. The van der Waals surface area contributed by atoms with Crippen molar-refractivity contribution in [2.24, 2.45) is 11.7 Å². The van der Waals surface area contributed by atoms with Crippen molar-refractivity contribution < 1.29 is 5.11 Å². The van der Waals surface area contributed by atoms with Crippen molar-refractivity contribution >= 4 is 0 Å². The Balaban J connectivity index is 1.85. The van der Waals surface area contributed by atoms with Crippen molar-refractivity contribution in [3.8, 4) is 0 Å². The highest BCUT2D eigenvalue weighted by molar-refractivity contribution is 4.88. The van der Waals surface area contributed by atoms with Crippen molar-refractivity contribution in [1.29, 1.82) is 0 Å². The van der Waals surface area contributed by atoms with E-state index in [1.165, 1.54) is 25.8 Å². The minimum Gasteiger partial charge on any atom is -0.396 e. The van der Waals surface area contributed by atoms with E-state index < -0.39 is 0 Å². The van der Waals surface area contributed by atoms with Gasteiger partial charge in [-0.1, -0.05) is 6.42 Å². The molecule has 1 saturated heterocycles. The van der Waals surface area contributed by atoms with Crippen LogP contribution in [0.2, 0.25) is 0 Å². The Labute approximate surface area is 86.3 Å². The quantitative estimate of drug-likeness (QED) is 0.697. The first kappa shape index (κ1) is 10.4. The van der Waals surface area contributed by atoms with Crippen LogP contribution in [0.3, 0.4) is 0 Å². The number of piperidine rings is 1. The summed E-state index contributed by atoms with van der Waals surface area (Å²) in [5, 5.41) is 8.94. The van der Waals surface area contributed by atoms with E-state index in [-0.39, 0.29) is 0 Å². The van der Waals surface area contributed by atoms with Gasteiger partial charge in [0.05, 0.1) is 0 Å². The Kier molecular flexibility index (Phi) is 3.42. The van der Waals surface area contributed by atoms with Crippen LogP contribution in [0.1, 0.15) is 32.1 Å². The maximum Gasteiger partial charge on any atom is 0.0434 e. The molecule has 0 aromatic carbocycles. The Morgan fingerprint density at radius 3 is 2.64 bits per heavy atom. The lowest BCUT2D eigenvalue weighted by atomic mass is 9.85. The zero-order chi connectivity index (χ0) is 9.97. The molecule has 1 aliphatic carbocycles. The average molecular weight is 198 g/mol. The number of rotatable bonds is 3. The first-order valence-corrected chi connectivity index (χ1v) is 5.90. The molecule has 0 spiro atoms. The number of hydrogen-bond acceptors (Lipinski definition) is 3. The van der Waals surface area contributed by atoms with Crippen LogP contribution in [0.5, 0.6) is 0 Å². The van der Waals surface area contributed by atoms with E-state index in [1.54, 1.807) is 0 Å². The molecular formula is C11H22N2O. The molecule has 2 fully saturated rings. The van der Waals surface area contributed by atoms with Gasteiger partial charge in [-0.25, -0.2) is 0 Å². The number of hydrogen-bond donors (Lipinski definition) is 2. The summed E-state index contributed by atoms with van der Waals surface area (Å²) in [6, 6.07) is 1.14. The van der Waals surface area contributed by atoms with Crippen molar-refractivity contribution in [2.75, 3.05) is 19.7 Å². The molecule has 0 amide bonds. The van der Waals surface area contributed by atoms with Gasteiger partial charge in [0.15, 0.2) is 0 Å². The third-order valence-corrected chi connectivity index (χ3v) is 3.73. The number of aliphatic hydroxyl groups is 1. The van der Waals surface area contributed by atoms with Gasteiger partial charge in [0.1, 0.15) is 0 Å². The first-order chi connectivity index (χ1) is 6.79. The zero-order valence-corrected chi connectivity index (χ0v) is 8.86. The second-order valence-electron chi connectivity index (χ2n) is 4.91. The van der Waals surface area contributed by atoms with Crippen LogP contribution < -0.4 is 5.73 Å². The van der Waals surface area contributed by atoms with Crippen LogP contribution >= 0.6 is 0 Å². The molecule has 3 N–H and O–H groups in total. The number of likely N-dealkylation sites (tertiary alicyclic amines) is 1. The van der Waals surface area contributed by atoms with Crippen LogP contribution in [0, 0.1) is 5.92 Å². The average Bonchev–Trinajstić information content (AvgIpc) is 1.99. The fraction of sp³-hybridized carbons (Fsp3) is 1.00. The molecule has 1 heterocycles. The fourth-order valence-corrected chi connectivity index (χ4v) is 2.73. The zero-order valence-electron chi connectivity index (χ0n) is 8.86. The lowest BCUT2D eigenvalue weighted by Crippen LogP contribution is -2.53. The predicted molar refractivity (Wildman–Crippen MR) is 57.0 cm³/mol. The van der Waals surface area contributed by atoms with Crippen LogP contribution in [0.25, 0.3) is 0 Å². The topological polar surface area (TPSA) is 49.5 Å². The highest BCUT2D eigenvalue weighted by Gasteiger charge is 2.31. The van der Waals surface area contributed by atoms with E-state index in [9.17, 15) is 0 Å². The molecule has 3 nitrogen and oxygen atoms in total. The van der Waals surface area contributed by atoms with Gasteiger partial charge in [0.25, 0.3) is 0 Å². The van der Waals surface area contributed by atoms with Crippen molar-refractivity contribution in [2.45, 2.75) is 44.2 Å². The minimum atomic E-state index is 0.315. The molecule has 2 unspecified atom stereocenters. The maximum atomic E-state index is 8.94. The molecule has 0 aromatic rings. The molecule has 0 bridgehead atoms. The van der Waals surface area contributed by atoms with Gasteiger partial charge in [-0.3, -0.25) is 4.90 Å². The summed E-state index contributed by atoms with van der Waals surface area (Å²) < 4.78 is 0. The van der Waals surface area contributed by atoms with Gasteiger partial charge < -0.3 is 10.8 Å². The molecule has 2 aliphatic rings. The Hall–Kier alpha value is -0.120. The molecule has 2 atom stereocenters. The number of nitrogens with zero attached hydrogens (tertiary/aromatic N) is 1. The van der Waals surface area contributed by atoms with E-state index in [0.29, 0.717) is 18.6 Å². The second-order valence-corrected chi connectivity index (χ2v) is 4.91. The second kappa shape index (κ2) is 4.60. The molecule has 2 rings (SSSR count). The van der Waals surface area contributed by atoms with Crippen LogP contribution in [-0.2, 0) is 0 Å². The highest BCUT2D eigenvalue weighted by Crippen LogP contribution is 2.29. The Morgan fingerprint density at radius 1 is 1.29 bits per heavy atom. The van der Waals surface area contributed by atoms with E-state index >= 15 is 0 Å². The van der Waals surface area contributed by atoms with E-state index in [4.69, 9.17) is 10.8 Å². The van der Waals surface area contributed by atoms with E-state index in [1.807, 2.05) is 0 Å². The van der Waals surface area contributed by atoms with Crippen LogP contribution in [0.4, 0.5) is 0 Å². The van der Waals surface area contributed by atoms with Gasteiger partial charge in [-0.05, 0) is 31.6 Å². The third kappa shape index (κ3) is 2.27. The normalized spacial score (nSPS) is 35.6.